The molecule has 0 aromatic heterocycles. The first kappa shape index (κ1) is 69.6. The molecule has 1 saturated heterocycles. The van der Waals surface area contributed by atoms with Crippen LogP contribution in [0.15, 0.2) is 12.2 Å². The quantitative estimate of drug-likeness (QED) is 0.0358. The lowest BCUT2D eigenvalue weighted by molar-refractivity contribution is -0.155. The smallest absolute Gasteiger partial charge is 0.309 e. The van der Waals surface area contributed by atoms with Gasteiger partial charge in [0.05, 0.1) is 31.0 Å². The molecule has 1 aliphatic rings. The molecule has 1 rings (SSSR count). The van der Waals surface area contributed by atoms with Crippen LogP contribution >= 0.6 is 0 Å². The first-order valence-corrected chi connectivity index (χ1v) is 33.3. The third-order valence-electron chi connectivity index (χ3n) is 16.5. The van der Waals surface area contributed by atoms with E-state index in [-0.39, 0.29) is 19.6 Å². The average molecular weight is 1030 g/mol. The summed E-state index contributed by atoms with van der Waals surface area (Å²) in [5.74, 6) is -1.40. The third kappa shape index (κ3) is 48.7. The lowest BCUT2D eigenvalue weighted by Crippen LogP contribution is -2.40. The Hall–Kier alpha value is -1.40. The molecule has 0 radical (unpaired) electrons. The van der Waals surface area contributed by atoms with Gasteiger partial charge in [-0.2, -0.15) is 0 Å². The van der Waals surface area contributed by atoms with Crippen molar-refractivity contribution in [3.63, 3.8) is 0 Å². The van der Waals surface area contributed by atoms with E-state index in [4.69, 9.17) is 9.47 Å². The van der Waals surface area contributed by atoms with Gasteiger partial charge in [0.25, 0.3) is 0 Å². The van der Waals surface area contributed by atoms with Crippen LogP contribution in [0.5, 0.6) is 0 Å². The molecule has 1 fully saturated rings. The molecule has 432 valence electrons. The summed E-state index contributed by atoms with van der Waals surface area (Å²) < 4.78 is 10.6. The van der Waals surface area contributed by atoms with Gasteiger partial charge in [-0.3, -0.25) is 9.59 Å². The van der Waals surface area contributed by atoms with E-state index in [9.17, 15) is 19.8 Å². The van der Waals surface area contributed by atoms with Gasteiger partial charge in [0.15, 0.2) is 0 Å². The monoisotopic (exact) mass is 1030 g/mol. The predicted octanol–water partition coefficient (Wildman–Crippen LogP) is 21.1. The summed E-state index contributed by atoms with van der Waals surface area (Å²) in [7, 11) is 0. The lowest BCUT2D eigenvalue weighted by Gasteiger charge is -2.27. The SMILES string of the molecule is CCCC/C=C/CCCCCCCCCCCCCCCCCCCCCCCCCCCCCCCCCCCCCCCCCCCCCCCCCCCCC1CC(=O)OCC(CO)(CO)COC1=O. The largest absolute Gasteiger partial charge is 0.465 e. The zero-order valence-corrected chi connectivity index (χ0v) is 49.2. The van der Waals surface area contributed by atoms with E-state index in [2.05, 4.69) is 19.1 Å². The van der Waals surface area contributed by atoms with Crippen LogP contribution in [0.1, 0.15) is 366 Å². The molecule has 0 aliphatic carbocycles. The molecule has 0 amide bonds. The first-order valence-electron chi connectivity index (χ1n) is 33.3. The summed E-state index contributed by atoms with van der Waals surface area (Å²) >= 11 is 0. The summed E-state index contributed by atoms with van der Waals surface area (Å²) in [5.41, 5.74) is -1.12. The van der Waals surface area contributed by atoms with E-state index >= 15 is 0 Å². The molecular formula is C67H128O6. The molecular weight excluding hydrogens is 901 g/mol. The van der Waals surface area contributed by atoms with Crippen LogP contribution in [-0.4, -0.2) is 48.6 Å². The number of aliphatic hydroxyl groups excluding tert-OH is 2. The summed E-state index contributed by atoms with van der Waals surface area (Å²) in [4.78, 5) is 24.8. The van der Waals surface area contributed by atoms with Gasteiger partial charge in [-0.1, -0.05) is 347 Å². The summed E-state index contributed by atoms with van der Waals surface area (Å²) in [5, 5.41) is 19.2. The predicted molar refractivity (Wildman–Crippen MR) is 315 cm³/mol. The molecule has 1 aliphatic heterocycles. The van der Waals surface area contributed by atoms with Gasteiger partial charge < -0.3 is 19.7 Å². The number of hydrogen-bond acceptors (Lipinski definition) is 6. The molecule has 1 heterocycles. The van der Waals surface area contributed by atoms with Crippen molar-refractivity contribution in [1.82, 2.24) is 0 Å². The third-order valence-corrected chi connectivity index (χ3v) is 16.5. The minimum atomic E-state index is -1.12. The van der Waals surface area contributed by atoms with E-state index < -0.39 is 36.5 Å². The molecule has 2 N–H and O–H groups in total. The maximum Gasteiger partial charge on any atom is 0.309 e. The summed E-state index contributed by atoms with van der Waals surface area (Å²) in [6, 6.07) is 0. The molecule has 0 aromatic rings. The number of unbranched alkanes of at least 4 members (excludes halogenated alkanes) is 52. The van der Waals surface area contributed by atoms with Crippen molar-refractivity contribution in [2.45, 2.75) is 366 Å². The van der Waals surface area contributed by atoms with Gasteiger partial charge in [-0.15, -0.1) is 0 Å². The Kier molecular flexibility index (Phi) is 54.2. The van der Waals surface area contributed by atoms with Crippen molar-refractivity contribution in [2.24, 2.45) is 11.3 Å². The van der Waals surface area contributed by atoms with Gasteiger partial charge in [-0.05, 0) is 25.7 Å². The van der Waals surface area contributed by atoms with Crippen molar-refractivity contribution >= 4 is 11.9 Å². The topological polar surface area (TPSA) is 93.1 Å². The number of aliphatic hydroxyl groups is 2. The zero-order valence-electron chi connectivity index (χ0n) is 49.2. The van der Waals surface area contributed by atoms with E-state index in [0.29, 0.717) is 6.42 Å². The average Bonchev–Trinajstić information content (AvgIpc) is 3.46. The van der Waals surface area contributed by atoms with Gasteiger partial charge in [-0.25, -0.2) is 0 Å². The van der Waals surface area contributed by atoms with Crippen LogP contribution in [0.25, 0.3) is 0 Å². The number of ether oxygens (including phenoxy) is 2. The highest BCUT2D eigenvalue weighted by Crippen LogP contribution is 2.25. The maximum atomic E-state index is 12.6. The molecule has 6 nitrogen and oxygen atoms in total. The molecule has 0 bridgehead atoms. The van der Waals surface area contributed by atoms with E-state index in [1.54, 1.807) is 0 Å². The lowest BCUT2D eigenvalue weighted by atomic mass is 9.92. The standard InChI is InChI=1S/C67H128O6/c1-2-3-4-5-6-7-8-9-10-11-12-13-14-15-16-17-18-19-20-21-22-23-24-25-26-27-28-29-30-31-32-33-34-35-36-37-38-39-40-41-42-43-44-45-46-47-48-49-50-51-52-53-54-55-56-57-58-64-59-65(70)72-62-67(60-68,61-69)63-73-66(64)71/h5-6,64,68-69H,2-4,7-63H2,1H3/b6-5+. The van der Waals surface area contributed by atoms with Gasteiger partial charge in [0.1, 0.15) is 13.2 Å². The number of hydrogen-bond donors (Lipinski definition) is 2. The minimum absolute atomic E-state index is 0.00526. The number of rotatable bonds is 58. The van der Waals surface area contributed by atoms with Crippen LogP contribution in [0.3, 0.4) is 0 Å². The number of carbonyl (C=O) groups is 2. The summed E-state index contributed by atoms with van der Waals surface area (Å²) in [6.45, 7) is 1.18. The highest BCUT2D eigenvalue weighted by atomic mass is 16.6. The first-order chi connectivity index (χ1) is 36.1. The molecule has 6 heteroatoms. The normalized spacial score (nSPS) is 15.2. The molecule has 1 unspecified atom stereocenters. The highest BCUT2D eigenvalue weighted by molar-refractivity contribution is 5.80. The second-order valence-electron chi connectivity index (χ2n) is 23.9. The van der Waals surface area contributed by atoms with Gasteiger partial charge in [0.2, 0.25) is 0 Å². The highest BCUT2D eigenvalue weighted by Gasteiger charge is 2.36. The Labute approximate surface area is 455 Å². The Morgan fingerprint density at radius 1 is 0.356 bits per heavy atom. The maximum absolute atomic E-state index is 12.6. The van der Waals surface area contributed by atoms with Crippen molar-refractivity contribution in [3.05, 3.63) is 12.2 Å². The molecule has 0 saturated carbocycles. The Morgan fingerprint density at radius 3 is 0.849 bits per heavy atom. The van der Waals surface area contributed by atoms with Crippen LogP contribution < -0.4 is 0 Å². The molecule has 1 atom stereocenters. The Morgan fingerprint density at radius 2 is 0.589 bits per heavy atom. The number of esters is 2. The second kappa shape index (κ2) is 56.8. The van der Waals surface area contributed by atoms with Crippen LogP contribution in [0.4, 0.5) is 0 Å². The zero-order chi connectivity index (χ0) is 52.5. The van der Waals surface area contributed by atoms with E-state index in [1.165, 1.54) is 327 Å². The van der Waals surface area contributed by atoms with Crippen LogP contribution in [0, 0.1) is 11.3 Å². The number of allylic oxidation sites excluding steroid dienone is 2. The van der Waals surface area contributed by atoms with Crippen molar-refractivity contribution in [1.29, 1.82) is 0 Å². The molecule has 0 aromatic carbocycles. The molecule has 0 spiro atoms. The Balaban J connectivity index is 1.66. The fourth-order valence-electron chi connectivity index (χ4n) is 11.1. The Bertz CT molecular complexity index is 1150. The van der Waals surface area contributed by atoms with E-state index in [0.717, 1.165) is 19.3 Å². The van der Waals surface area contributed by atoms with Crippen LogP contribution in [0.2, 0.25) is 0 Å². The molecule has 73 heavy (non-hydrogen) atoms. The van der Waals surface area contributed by atoms with Crippen molar-refractivity contribution in [3.8, 4) is 0 Å². The van der Waals surface area contributed by atoms with Gasteiger partial charge in [0, 0.05) is 0 Å². The second-order valence-corrected chi connectivity index (χ2v) is 23.9. The van der Waals surface area contributed by atoms with Crippen LogP contribution in [-0.2, 0) is 19.1 Å². The van der Waals surface area contributed by atoms with Crippen molar-refractivity contribution in [2.75, 3.05) is 26.4 Å². The number of carbonyl (C=O) groups excluding carboxylic acids is 2. The van der Waals surface area contributed by atoms with Crippen molar-refractivity contribution < 1.29 is 29.3 Å². The minimum Gasteiger partial charge on any atom is -0.465 e. The fraction of sp³-hybridized carbons (Fsp3) is 0.940. The fourth-order valence-corrected chi connectivity index (χ4v) is 11.1. The van der Waals surface area contributed by atoms with Gasteiger partial charge >= 0.3 is 11.9 Å². The number of cyclic esters (lactones) is 2. The summed E-state index contributed by atoms with van der Waals surface area (Å²) in [6.07, 6.45) is 81.7. The van der Waals surface area contributed by atoms with E-state index in [1.807, 2.05) is 0 Å².